The van der Waals surface area contributed by atoms with Crippen molar-refractivity contribution in [3.05, 3.63) is 16.1 Å². The summed E-state index contributed by atoms with van der Waals surface area (Å²) in [4.78, 5) is 17.7. The zero-order valence-corrected chi connectivity index (χ0v) is 11.7. The monoisotopic (exact) mass is 268 g/mol. The molecule has 1 aromatic rings. The van der Waals surface area contributed by atoms with Gasteiger partial charge < -0.3 is 5.11 Å². The molecule has 1 unspecified atom stereocenters. The van der Waals surface area contributed by atoms with E-state index in [4.69, 9.17) is 5.11 Å². The number of carboxylic acids is 1. The van der Waals surface area contributed by atoms with Gasteiger partial charge in [0.05, 0.1) is 18.2 Å². The number of carbonyl (C=O) groups is 1. The number of likely N-dealkylation sites (tertiary alicyclic amines) is 1. The van der Waals surface area contributed by atoms with Gasteiger partial charge in [0.25, 0.3) is 0 Å². The minimum atomic E-state index is -0.811. The fourth-order valence-corrected chi connectivity index (χ4v) is 3.70. The van der Waals surface area contributed by atoms with E-state index in [-0.39, 0.29) is 6.42 Å². The van der Waals surface area contributed by atoms with E-state index in [0.29, 0.717) is 17.7 Å². The molecule has 1 fully saturated rings. The first kappa shape index (κ1) is 13.5. The minimum absolute atomic E-state index is 0.0291. The highest BCUT2D eigenvalue weighted by Gasteiger charge is 2.28. The van der Waals surface area contributed by atoms with Crippen LogP contribution in [0.3, 0.4) is 0 Å². The number of aromatic nitrogens is 1. The van der Waals surface area contributed by atoms with E-state index < -0.39 is 5.97 Å². The first-order valence-electron chi connectivity index (χ1n) is 6.48. The number of hydrogen-bond acceptors (Lipinski definition) is 4. The van der Waals surface area contributed by atoms with Gasteiger partial charge in [-0.2, -0.15) is 0 Å². The second-order valence-electron chi connectivity index (χ2n) is 5.18. The van der Waals surface area contributed by atoms with Crippen LogP contribution in [0.15, 0.2) is 5.38 Å². The van der Waals surface area contributed by atoms with Crippen LogP contribution in [0.5, 0.6) is 0 Å². The molecule has 100 valence electrons. The van der Waals surface area contributed by atoms with Crippen LogP contribution < -0.4 is 0 Å². The Bertz CT molecular complexity index is 411. The van der Waals surface area contributed by atoms with Crippen molar-refractivity contribution in [1.82, 2.24) is 9.88 Å². The van der Waals surface area contributed by atoms with Crippen molar-refractivity contribution >= 4 is 17.3 Å². The molecule has 0 spiro atoms. The highest BCUT2D eigenvalue weighted by Crippen LogP contribution is 2.33. The molecule has 1 N–H and O–H groups in total. The number of nitrogens with zero attached hydrogens (tertiary/aromatic N) is 2. The molecular weight excluding hydrogens is 248 g/mol. The maximum absolute atomic E-state index is 10.7. The zero-order valence-electron chi connectivity index (χ0n) is 10.9. The van der Waals surface area contributed by atoms with E-state index in [0.717, 1.165) is 18.1 Å². The Morgan fingerprint density at radius 3 is 2.72 bits per heavy atom. The van der Waals surface area contributed by atoms with Crippen molar-refractivity contribution in [1.29, 1.82) is 0 Å². The third-order valence-corrected chi connectivity index (χ3v) is 4.28. The van der Waals surface area contributed by atoms with Crippen LogP contribution in [0.25, 0.3) is 0 Å². The van der Waals surface area contributed by atoms with Crippen molar-refractivity contribution in [2.24, 2.45) is 5.92 Å². The summed E-state index contributed by atoms with van der Waals surface area (Å²) in [5.41, 5.74) is 0.687. The Kier molecular flexibility index (Phi) is 4.35. The normalized spacial score (nSPS) is 18.4. The quantitative estimate of drug-likeness (QED) is 0.891. The Balaban J connectivity index is 2.14. The zero-order chi connectivity index (χ0) is 13.1. The van der Waals surface area contributed by atoms with Gasteiger partial charge in [-0.15, -0.1) is 11.3 Å². The molecule has 0 aromatic carbocycles. The standard InChI is InChI=1S/C13H20N2O2S/c1-9(2)12(15-5-3-4-6-15)13-14-10(8-18-13)7-11(16)17/h8-9,12H,3-7H2,1-2H3,(H,16,17). The van der Waals surface area contributed by atoms with Crippen LogP contribution in [0, 0.1) is 5.92 Å². The maximum atomic E-state index is 10.7. The van der Waals surface area contributed by atoms with Gasteiger partial charge in [0, 0.05) is 5.38 Å². The van der Waals surface area contributed by atoms with E-state index >= 15 is 0 Å². The average molecular weight is 268 g/mol. The number of carboxylic acid groups (broad SMARTS) is 1. The maximum Gasteiger partial charge on any atom is 0.309 e. The number of aliphatic carboxylic acids is 1. The van der Waals surface area contributed by atoms with E-state index in [2.05, 4.69) is 23.7 Å². The van der Waals surface area contributed by atoms with Crippen molar-refractivity contribution in [3.8, 4) is 0 Å². The Morgan fingerprint density at radius 1 is 1.50 bits per heavy atom. The number of hydrogen-bond donors (Lipinski definition) is 1. The second kappa shape index (κ2) is 5.80. The van der Waals surface area contributed by atoms with E-state index in [1.54, 1.807) is 11.3 Å². The van der Waals surface area contributed by atoms with Gasteiger partial charge in [-0.05, 0) is 31.8 Å². The molecule has 0 amide bonds. The van der Waals surface area contributed by atoms with Gasteiger partial charge in [-0.25, -0.2) is 4.98 Å². The van der Waals surface area contributed by atoms with Gasteiger partial charge in [0.15, 0.2) is 0 Å². The Morgan fingerprint density at radius 2 is 2.17 bits per heavy atom. The summed E-state index contributed by atoms with van der Waals surface area (Å²) in [5, 5.41) is 11.7. The third kappa shape index (κ3) is 3.09. The number of rotatable bonds is 5. The van der Waals surface area contributed by atoms with Crippen LogP contribution in [0.1, 0.15) is 43.4 Å². The van der Waals surface area contributed by atoms with Gasteiger partial charge >= 0.3 is 5.97 Å². The van der Waals surface area contributed by atoms with Gasteiger partial charge in [-0.1, -0.05) is 13.8 Å². The summed E-state index contributed by atoms with van der Waals surface area (Å²) in [7, 11) is 0. The van der Waals surface area contributed by atoms with Gasteiger partial charge in [0.1, 0.15) is 5.01 Å². The van der Waals surface area contributed by atoms with Crippen LogP contribution >= 0.6 is 11.3 Å². The molecule has 1 aromatic heterocycles. The smallest absolute Gasteiger partial charge is 0.309 e. The molecular formula is C13H20N2O2S. The lowest BCUT2D eigenvalue weighted by molar-refractivity contribution is -0.136. The van der Waals surface area contributed by atoms with Crippen molar-refractivity contribution in [2.75, 3.05) is 13.1 Å². The molecule has 0 radical (unpaired) electrons. The summed E-state index contributed by atoms with van der Waals surface area (Å²) in [6.07, 6.45) is 2.55. The third-order valence-electron chi connectivity index (χ3n) is 3.32. The summed E-state index contributed by atoms with van der Waals surface area (Å²) in [5.74, 6) is -0.305. The molecule has 2 rings (SSSR count). The topological polar surface area (TPSA) is 53.4 Å². The lowest BCUT2D eigenvalue weighted by atomic mass is 10.0. The van der Waals surface area contributed by atoms with Crippen LogP contribution in [-0.4, -0.2) is 34.0 Å². The van der Waals surface area contributed by atoms with Crippen LogP contribution in [0.4, 0.5) is 0 Å². The average Bonchev–Trinajstić information content (AvgIpc) is 2.89. The molecule has 1 saturated heterocycles. The molecule has 0 aliphatic carbocycles. The second-order valence-corrected chi connectivity index (χ2v) is 6.07. The molecule has 1 aliphatic rings. The fourth-order valence-electron chi connectivity index (χ4n) is 2.58. The Labute approximate surface area is 112 Å². The van der Waals surface area contributed by atoms with Crippen molar-refractivity contribution in [2.45, 2.75) is 39.2 Å². The minimum Gasteiger partial charge on any atom is -0.481 e. The molecule has 18 heavy (non-hydrogen) atoms. The molecule has 1 atom stereocenters. The highest BCUT2D eigenvalue weighted by atomic mass is 32.1. The summed E-state index contributed by atoms with van der Waals surface area (Å²) in [6.45, 7) is 6.69. The molecule has 4 nitrogen and oxygen atoms in total. The highest BCUT2D eigenvalue weighted by molar-refractivity contribution is 7.09. The number of thiazole rings is 1. The summed E-state index contributed by atoms with van der Waals surface area (Å²) < 4.78 is 0. The van der Waals surface area contributed by atoms with Crippen molar-refractivity contribution in [3.63, 3.8) is 0 Å². The van der Waals surface area contributed by atoms with Crippen molar-refractivity contribution < 1.29 is 9.90 Å². The van der Waals surface area contributed by atoms with E-state index in [1.807, 2.05) is 5.38 Å². The first-order valence-corrected chi connectivity index (χ1v) is 7.36. The van der Waals surface area contributed by atoms with Crippen LogP contribution in [0.2, 0.25) is 0 Å². The summed E-state index contributed by atoms with van der Waals surface area (Å²) in [6, 6.07) is 0.347. The van der Waals surface area contributed by atoms with Gasteiger partial charge in [0.2, 0.25) is 0 Å². The van der Waals surface area contributed by atoms with E-state index in [1.165, 1.54) is 12.8 Å². The Hall–Kier alpha value is -0.940. The predicted molar refractivity (Wildman–Crippen MR) is 71.8 cm³/mol. The molecule has 5 heteroatoms. The molecule has 0 saturated carbocycles. The van der Waals surface area contributed by atoms with Crippen LogP contribution in [-0.2, 0) is 11.2 Å². The summed E-state index contributed by atoms with van der Waals surface area (Å²) >= 11 is 1.60. The molecule has 2 heterocycles. The molecule has 1 aliphatic heterocycles. The predicted octanol–water partition coefficient (Wildman–Crippen LogP) is 2.56. The molecule has 0 bridgehead atoms. The SMILES string of the molecule is CC(C)C(c1nc(CC(=O)O)cs1)N1CCCC1. The van der Waals surface area contributed by atoms with Gasteiger partial charge in [-0.3, -0.25) is 9.69 Å². The lowest BCUT2D eigenvalue weighted by Gasteiger charge is -2.28. The lowest BCUT2D eigenvalue weighted by Crippen LogP contribution is -2.29. The fraction of sp³-hybridized carbons (Fsp3) is 0.692. The van der Waals surface area contributed by atoms with E-state index in [9.17, 15) is 4.79 Å². The largest absolute Gasteiger partial charge is 0.481 e. The first-order chi connectivity index (χ1) is 8.58.